The zero-order valence-corrected chi connectivity index (χ0v) is 7.89. The number of ether oxygens (including phenoxy) is 1. The average molecular weight is 157 g/mol. The summed E-state index contributed by atoms with van der Waals surface area (Å²) < 4.78 is 5.22. The standard InChI is InChI=1S/C9H19NO/c1-10(2)7-9(8-11-3)5-4-6-9/h4-8H2,1-3H3. The highest BCUT2D eigenvalue weighted by Crippen LogP contribution is 2.41. The number of rotatable bonds is 4. The van der Waals surface area contributed by atoms with Gasteiger partial charge in [0.25, 0.3) is 0 Å². The first-order valence-electron chi connectivity index (χ1n) is 4.32. The van der Waals surface area contributed by atoms with Gasteiger partial charge in [-0.2, -0.15) is 0 Å². The van der Waals surface area contributed by atoms with Gasteiger partial charge in [0.05, 0.1) is 6.61 Å². The molecule has 0 saturated heterocycles. The van der Waals surface area contributed by atoms with E-state index in [0.29, 0.717) is 5.41 Å². The molecule has 11 heavy (non-hydrogen) atoms. The summed E-state index contributed by atoms with van der Waals surface area (Å²) in [7, 11) is 6.07. The maximum absolute atomic E-state index is 5.22. The summed E-state index contributed by atoms with van der Waals surface area (Å²) in [5.74, 6) is 0. The van der Waals surface area contributed by atoms with E-state index in [1.807, 2.05) is 0 Å². The van der Waals surface area contributed by atoms with Crippen LogP contribution in [-0.4, -0.2) is 39.3 Å². The van der Waals surface area contributed by atoms with Crippen LogP contribution in [0.15, 0.2) is 0 Å². The molecule has 0 spiro atoms. The lowest BCUT2D eigenvalue weighted by Gasteiger charge is -2.43. The van der Waals surface area contributed by atoms with E-state index in [0.717, 1.165) is 6.61 Å². The Morgan fingerprint density at radius 2 is 2.00 bits per heavy atom. The molecular formula is C9H19NO. The van der Waals surface area contributed by atoms with E-state index < -0.39 is 0 Å². The Morgan fingerprint density at radius 3 is 2.27 bits per heavy atom. The van der Waals surface area contributed by atoms with Gasteiger partial charge in [-0.25, -0.2) is 0 Å². The molecule has 0 aromatic heterocycles. The molecule has 0 bridgehead atoms. The van der Waals surface area contributed by atoms with E-state index >= 15 is 0 Å². The number of hydrogen-bond donors (Lipinski definition) is 0. The SMILES string of the molecule is COCC1(CN(C)C)CCC1. The van der Waals surface area contributed by atoms with Crippen LogP contribution in [0.5, 0.6) is 0 Å². The van der Waals surface area contributed by atoms with Crippen LogP contribution in [-0.2, 0) is 4.74 Å². The molecule has 0 atom stereocenters. The van der Waals surface area contributed by atoms with Crippen LogP contribution in [0.3, 0.4) is 0 Å². The van der Waals surface area contributed by atoms with E-state index in [2.05, 4.69) is 19.0 Å². The molecule has 0 amide bonds. The van der Waals surface area contributed by atoms with Gasteiger partial charge in [-0.1, -0.05) is 6.42 Å². The van der Waals surface area contributed by atoms with E-state index in [1.165, 1.54) is 25.8 Å². The monoisotopic (exact) mass is 157 g/mol. The topological polar surface area (TPSA) is 12.5 Å². The highest BCUT2D eigenvalue weighted by molar-refractivity contribution is 4.89. The smallest absolute Gasteiger partial charge is 0.0530 e. The molecule has 0 aromatic carbocycles. The highest BCUT2D eigenvalue weighted by Gasteiger charge is 2.37. The van der Waals surface area contributed by atoms with Gasteiger partial charge in [-0.05, 0) is 26.9 Å². The molecular weight excluding hydrogens is 138 g/mol. The van der Waals surface area contributed by atoms with E-state index in [4.69, 9.17) is 4.74 Å². The quantitative estimate of drug-likeness (QED) is 0.611. The maximum Gasteiger partial charge on any atom is 0.0530 e. The maximum atomic E-state index is 5.22. The minimum absolute atomic E-state index is 0.498. The Labute approximate surface area is 69.5 Å². The Hall–Kier alpha value is -0.0800. The third-order valence-electron chi connectivity index (χ3n) is 2.52. The summed E-state index contributed by atoms with van der Waals surface area (Å²) in [4.78, 5) is 2.26. The van der Waals surface area contributed by atoms with Crippen LogP contribution in [0.4, 0.5) is 0 Å². The average Bonchev–Trinajstić information content (AvgIpc) is 1.82. The van der Waals surface area contributed by atoms with Crippen LogP contribution < -0.4 is 0 Å². The summed E-state index contributed by atoms with van der Waals surface area (Å²) >= 11 is 0. The second kappa shape index (κ2) is 3.55. The zero-order valence-electron chi connectivity index (χ0n) is 7.89. The molecule has 1 saturated carbocycles. The predicted molar refractivity (Wildman–Crippen MR) is 46.7 cm³/mol. The first-order valence-corrected chi connectivity index (χ1v) is 4.32. The van der Waals surface area contributed by atoms with Crippen LogP contribution in [0.25, 0.3) is 0 Å². The largest absolute Gasteiger partial charge is 0.384 e. The first-order chi connectivity index (χ1) is 5.18. The van der Waals surface area contributed by atoms with Gasteiger partial charge in [0, 0.05) is 19.1 Å². The van der Waals surface area contributed by atoms with Crippen molar-refractivity contribution in [3.05, 3.63) is 0 Å². The number of nitrogens with zero attached hydrogens (tertiary/aromatic N) is 1. The molecule has 0 unspecified atom stereocenters. The number of methoxy groups -OCH3 is 1. The van der Waals surface area contributed by atoms with Gasteiger partial charge in [-0.15, -0.1) is 0 Å². The second-order valence-corrected chi connectivity index (χ2v) is 4.02. The summed E-state index contributed by atoms with van der Waals surface area (Å²) in [6.45, 7) is 2.12. The van der Waals surface area contributed by atoms with Gasteiger partial charge in [0.1, 0.15) is 0 Å². The van der Waals surface area contributed by atoms with Gasteiger partial charge in [0.15, 0.2) is 0 Å². The lowest BCUT2D eigenvalue weighted by Crippen LogP contribution is -2.42. The van der Waals surface area contributed by atoms with Gasteiger partial charge >= 0.3 is 0 Å². The van der Waals surface area contributed by atoms with Crippen LogP contribution >= 0.6 is 0 Å². The van der Waals surface area contributed by atoms with Crippen LogP contribution in [0, 0.1) is 5.41 Å². The van der Waals surface area contributed by atoms with Gasteiger partial charge in [0.2, 0.25) is 0 Å². The molecule has 0 radical (unpaired) electrons. The molecule has 66 valence electrons. The normalized spacial score (nSPS) is 21.8. The molecule has 0 N–H and O–H groups in total. The minimum Gasteiger partial charge on any atom is -0.384 e. The van der Waals surface area contributed by atoms with E-state index in [1.54, 1.807) is 7.11 Å². The zero-order chi connectivity index (χ0) is 8.32. The van der Waals surface area contributed by atoms with E-state index in [9.17, 15) is 0 Å². The molecule has 1 fully saturated rings. The Balaban J connectivity index is 2.33. The highest BCUT2D eigenvalue weighted by atomic mass is 16.5. The fourth-order valence-corrected chi connectivity index (χ4v) is 2.00. The fourth-order valence-electron chi connectivity index (χ4n) is 2.00. The molecule has 1 rings (SSSR count). The first kappa shape index (κ1) is 9.01. The van der Waals surface area contributed by atoms with Crippen molar-refractivity contribution < 1.29 is 4.74 Å². The van der Waals surface area contributed by atoms with Crippen LogP contribution in [0.2, 0.25) is 0 Å². The third-order valence-corrected chi connectivity index (χ3v) is 2.52. The molecule has 0 heterocycles. The second-order valence-electron chi connectivity index (χ2n) is 4.02. The third kappa shape index (κ3) is 2.17. The van der Waals surface area contributed by atoms with Crippen molar-refractivity contribution in [2.24, 2.45) is 5.41 Å². The van der Waals surface area contributed by atoms with Crippen LogP contribution in [0.1, 0.15) is 19.3 Å². The Kier molecular flexibility index (Phi) is 2.90. The van der Waals surface area contributed by atoms with Crippen molar-refractivity contribution in [3.8, 4) is 0 Å². The van der Waals surface area contributed by atoms with Crippen molar-refractivity contribution >= 4 is 0 Å². The molecule has 2 nitrogen and oxygen atoms in total. The van der Waals surface area contributed by atoms with Gasteiger partial charge < -0.3 is 9.64 Å². The van der Waals surface area contributed by atoms with Crippen molar-refractivity contribution in [2.45, 2.75) is 19.3 Å². The van der Waals surface area contributed by atoms with Gasteiger partial charge in [-0.3, -0.25) is 0 Å². The molecule has 1 aliphatic carbocycles. The van der Waals surface area contributed by atoms with Crippen molar-refractivity contribution in [3.63, 3.8) is 0 Å². The molecule has 2 heteroatoms. The summed E-state index contributed by atoms with van der Waals surface area (Å²) in [5, 5.41) is 0. The lowest BCUT2D eigenvalue weighted by atomic mass is 9.69. The Morgan fingerprint density at radius 1 is 1.36 bits per heavy atom. The molecule has 0 aliphatic heterocycles. The minimum atomic E-state index is 0.498. The lowest BCUT2D eigenvalue weighted by molar-refractivity contribution is -0.00154. The Bertz CT molecular complexity index is 119. The summed E-state index contributed by atoms with van der Waals surface area (Å²) in [6.07, 6.45) is 4.08. The van der Waals surface area contributed by atoms with Crippen molar-refractivity contribution in [2.75, 3.05) is 34.4 Å². The molecule has 0 aromatic rings. The fraction of sp³-hybridized carbons (Fsp3) is 1.00. The number of hydrogen-bond acceptors (Lipinski definition) is 2. The summed E-state index contributed by atoms with van der Waals surface area (Å²) in [5.41, 5.74) is 0.498. The predicted octanol–water partition coefficient (Wildman–Crippen LogP) is 1.36. The summed E-state index contributed by atoms with van der Waals surface area (Å²) in [6, 6.07) is 0. The molecule has 1 aliphatic rings. The van der Waals surface area contributed by atoms with E-state index in [-0.39, 0.29) is 0 Å². The van der Waals surface area contributed by atoms with Crippen molar-refractivity contribution in [1.82, 2.24) is 4.90 Å². The van der Waals surface area contributed by atoms with Crippen molar-refractivity contribution in [1.29, 1.82) is 0 Å².